The van der Waals surface area contributed by atoms with E-state index in [-0.39, 0.29) is 11.6 Å². The van der Waals surface area contributed by atoms with Crippen LogP contribution in [0.1, 0.15) is 5.56 Å². The van der Waals surface area contributed by atoms with Crippen molar-refractivity contribution in [3.05, 3.63) is 59.9 Å². The SMILES string of the molecule is CN(Cc1ccc(O)cc1)c1ccccc1F. The van der Waals surface area contributed by atoms with Crippen LogP contribution in [0.2, 0.25) is 0 Å². The predicted octanol–water partition coefficient (Wildman–Crippen LogP) is 3.17. The highest BCUT2D eigenvalue weighted by atomic mass is 19.1. The van der Waals surface area contributed by atoms with Crippen LogP contribution in [-0.4, -0.2) is 12.2 Å². The first-order valence-corrected chi connectivity index (χ1v) is 5.40. The van der Waals surface area contributed by atoms with Crippen molar-refractivity contribution in [2.75, 3.05) is 11.9 Å². The van der Waals surface area contributed by atoms with Crippen molar-refractivity contribution in [1.82, 2.24) is 0 Å². The van der Waals surface area contributed by atoms with E-state index < -0.39 is 0 Å². The van der Waals surface area contributed by atoms with Gasteiger partial charge in [0.2, 0.25) is 0 Å². The van der Waals surface area contributed by atoms with Crippen LogP contribution < -0.4 is 4.90 Å². The van der Waals surface area contributed by atoms with Gasteiger partial charge in [0, 0.05) is 13.6 Å². The molecule has 0 radical (unpaired) electrons. The van der Waals surface area contributed by atoms with Crippen LogP contribution in [0.15, 0.2) is 48.5 Å². The van der Waals surface area contributed by atoms with E-state index >= 15 is 0 Å². The number of aromatic hydroxyl groups is 1. The predicted molar refractivity (Wildman–Crippen MR) is 66.6 cm³/mol. The van der Waals surface area contributed by atoms with Gasteiger partial charge >= 0.3 is 0 Å². The van der Waals surface area contributed by atoms with E-state index in [4.69, 9.17) is 0 Å². The third kappa shape index (κ3) is 2.75. The number of benzene rings is 2. The Morgan fingerprint density at radius 1 is 1.06 bits per heavy atom. The summed E-state index contributed by atoms with van der Waals surface area (Å²) in [7, 11) is 1.84. The van der Waals surface area contributed by atoms with Gasteiger partial charge in [-0.3, -0.25) is 0 Å². The Balaban J connectivity index is 2.14. The van der Waals surface area contributed by atoms with Gasteiger partial charge in [-0.15, -0.1) is 0 Å². The summed E-state index contributed by atoms with van der Waals surface area (Å²) in [5.74, 6) is 0.0103. The van der Waals surface area contributed by atoms with E-state index in [2.05, 4.69) is 0 Å². The summed E-state index contributed by atoms with van der Waals surface area (Å²) >= 11 is 0. The maximum Gasteiger partial charge on any atom is 0.146 e. The molecular formula is C14H14FNO. The van der Waals surface area contributed by atoms with Gasteiger partial charge in [0.05, 0.1) is 5.69 Å². The topological polar surface area (TPSA) is 23.5 Å². The van der Waals surface area contributed by atoms with Crippen molar-refractivity contribution in [1.29, 1.82) is 0 Å². The molecule has 2 rings (SSSR count). The lowest BCUT2D eigenvalue weighted by Crippen LogP contribution is -2.17. The highest BCUT2D eigenvalue weighted by Crippen LogP contribution is 2.19. The second-order valence-electron chi connectivity index (χ2n) is 3.97. The number of hydrogen-bond donors (Lipinski definition) is 1. The molecule has 2 aromatic carbocycles. The number of halogens is 1. The second-order valence-corrected chi connectivity index (χ2v) is 3.97. The molecule has 0 heterocycles. The fraction of sp³-hybridized carbons (Fsp3) is 0.143. The molecule has 0 aliphatic heterocycles. The quantitative estimate of drug-likeness (QED) is 0.877. The van der Waals surface area contributed by atoms with Gasteiger partial charge < -0.3 is 10.0 Å². The molecule has 2 nitrogen and oxygen atoms in total. The molecule has 0 amide bonds. The van der Waals surface area contributed by atoms with Gasteiger partial charge in [-0.1, -0.05) is 24.3 Å². The van der Waals surface area contributed by atoms with Gasteiger partial charge in [0.15, 0.2) is 0 Å². The first-order chi connectivity index (χ1) is 8.16. The lowest BCUT2D eigenvalue weighted by atomic mass is 10.2. The minimum absolute atomic E-state index is 0.228. The van der Waals surface area contributed by atoms with Gasteiger partial charge in [0.25, 0.3) is 0 Å². The fourth-order valence-corrected chi connectivity index (χ4v) is 1.72. The molecule has 0 atom stereocenters. The molecule has 17 heavy (non-hydrogen) atoms. The van der Waals surface area contributed by atoms with Crippen LogP contribution >= 0.6 is 0 Å². The van der Waals surface area contributed by atoms with Gasteiger partial charge in [-0.25, -0.2) is 4.39 Å². The Labute approximate surface area is 99.9 Å². The maximum atomic E-state index is 13.5. The number of phenolic OH excluding ortho intramolecular Hbond substituents is 1. The molecule has 0 bridgehead atoms. The lowest BCUT2D eigenvalue weighted by molar-refractivity contribution is 0.475. The monoisotopic (exact) mass is 231 g/mol. The van der Waals surface area contributed by atoms with E-state index in [1.54, 1.807) is 24.3 Å². The van der Waals surface area contributed by atoms with Crippen LogP contribution in [0.5, 0.6) is 5.75 Å². The summed E-state index contributed by atoms with van der Waals surface area (Å²) in [5, 5.41) is 9.18. The third-order valence-corrected chi connectivity index (χ3v) is 2.62. The Hall–Kier alpha value is -2.03. The Kier molecular flexibility index (Phi) is 3.28. The van der Waals surface area contributed by atoms with Crippen molar-refractivity contribution in [2.45, 2.75) is 6.54 Å². The average molecular weight is 231 g/mol. The summed E-state index contributed by atoms with van der Waals surface area (Å²) in [4.78, 5) is 1.84. The molecule has 0 saturated heterocycles. The van der Waals surface area contributed by atoms with Crippen LogP contribution in [0.3, 0.4) is 0 Å². The minimum Gasteiger partial charge on any atom is -0.508 e. The van der Waals surface area contributed by atoms with Gasteiger partial charge in [0.1, 0.15) is 11.6 Å². The number of nitrogens with zero attached hydrogens (tertiary/aromatic N) is 1. The van der Waals surface area contributed by atoms with Crippen molar-refractivity contribution in [3.8, 4) is 5.75 Å². The van der Waals surface area contributed by atoms with Gasteiger partial charge in [-0.05, 0) is 29.8 Å². The van der Waals surface area contributed by atoms with Crippen LogP contribution in [0.4, 0.5) is 10.1 Å². The largest absolute Gasteiger partial charge is 0.508 e. The highest BCUT2D eigenvalue weighted by molar-refractivity contribution is 5.47. The van der Waals surface area contributed by atoms with E-state index in [0.717, 1.165) is 5.56 Å². The first kappa shape index (κ1) is 11.5. The summed E-state index contributed by atoms with van der Waals surface area (Å²) in [6.45, 7) is 0.598. The minimum atomic E-state index is -0.228. The van der Waals surface area contributed by atoms with Crippen LogP contribution in [0, 0.1) is 5.82 Å². The van der Waals surface area contributed by atoms with Gasteiger partial charge in [-0.2, -0.15) is 0 Å². The molecule has 0 saturated carbocycles. The summed E-state index contributed by atoms with van der Waals surface area (Å²) in [6, 6.07) is 13.6. The molecule has 0 aliphatic rings. The van der Waals surface area contributed by atoms with E-state index in [0.29, 0.717) is 12.2 Å². The molecule has 0 aliphatic carbocycles. The normalized spacial score (nSPS) is 10.2. The molecular weight excluding hydrogens is 217 g/mol. The molecule has 88 valence electrons. The number of hydrogen-bond acceptors (Lipinski definition) is 2. The van der Waals surface area contributed by atoms with Crippen molar-refractivity contribution in [2.24, 2.45) is 0 Å². The molecule has 0 fully saturated rings. The summed E-state index contributed by atoms with van der Waals surface area (Å²) in [5.41, 5.74) is 1.59. The molecule has 0 spiro atoms. The highest BCUT2D eigenvalue weighted by Gasteiger charge is 2.06. The van der Waals surface area contributed by atoms with E-state index in [9.17, 15) is 9.50 Å². The van der Waals surface area contributed by atoms with E-state index in [1.165, 1.54) is 6.07 Å². The Bertz CT molecular complexity index is 496. The second kappa shape index (κ2) is 4.87. The molecule has 1 N–H and O–H groups in total. The average Bonchev–Trinajstić information content (AvgIpc) is 2.32. The lowest BCUT2D eigenvalue weighted by Gasteiger charge is -2.19. The van der Waals surface area contributed by atoms with Crippen LogP contribution in [-0.2, 0) is 6.54 Å². The fourth-order valence-electron chi connectivity index (χ4n) is 1.72. The zero-order valence-electron chi connectivity index (χ0n) is 9.60. The standard InChI is InChI=1S/C14H14FNO/c1-16(14-5-3-2-4-13(14)15)10-11-6-8-12(17)9-7-11/h2-9,17H,10H2,1H3. The first-order valence-electron chi connectivity index (χ1n) is 5.40. The molecule has 2 aromatic rings. The van der Waals surface area contributed by atoms with Crippen molar-refractivity contribution in [3.63, 3.8) is 0 Å². The van der Waals surface area contributed by atoms with Crippen molar-refractivity contribution < 1.29 is 9.50 Å². The number of rotatable bonds is 3. The number of para-hydroxylation sites is 1. The third-order valence-electron chi connectivity index (χ3n) is 2.62. The molecule has 3 heteroatoms. The zero-order valence-corrected chi connectivity index (χ0v) is 9.60. The smallest absolute Gasteiger partial charge is 0.146 e. The summed E-state index contributed by atoms with van der Waals surface area (Å²) in [6.07, 6.45) is 0. The van der Waals surface area contributed by atoms with Crippen LogP contribution in [0.25, 0.3) is 0 Å². The number of phenols is 1. The van der Waals surface area contributed by atoms with E-state index in [1.807, 2.05) is 30.1 Å². The Morgan fingerprint density at radius 3 is 2.35 bits per heavy atom. The Morgan fingerprint density at radius 2 is 1.71 bits per heavy atom. The molecule has 0 unspecified atom stereocenters. The summed E-state index contributed by atoms with van der Waals surface area (Å²) < 4.78 is 13.5. The number of anilines is 1. The maximum absolute atomic E-state index is 13.5. The molecule has 0 aromatic heterocycles. The zero-order chi connectivity index (χ0) is 12.3. The van der Waals surface area contributed by atoms with Crippen molar-refractivity contribution >= 4 is 5.69 Å².